The maximum Gasteiger partial charge on any atom is 0.410 e. The zero-order chi connectivity index (χ0) is 15.5. The van der Waals surface area contributed by atoms with E-state index in [-0.39, 0.29) is 11.5 Å². The largest absolute Gasteiger partial charge is 0.493 e. The highest BCUT2D eigenvalue weighted by Crippen LogP contribution is 2.25. The Morgan fingerprint density at radius 1 is 1.29 bits per heavy atom. The van der Waals surface area contributed by atoms with Gasteiger partial charge in [0.15, 0.2) is 0 Å². The molecule has 0 unspecified atom stereocenters. The van der Waals surface area contributed by atoms with Crippen LogP contribution in [0.3, 0.4) is 0 Å². The van der Waals surface area contributed by atoms with Gasteiger partial charge in [0, 0.05) is 18.5 Å². The Kier molecular flexibility index (Phi) is 4.76. The van der Waals surface area contributed by atoms with Crippen molar-refractivity contribution in [2.24, 2.45) is 11.3 Å². The van der Waals surface area contributed by atoms with E-state index in [1.807, 2.05) is 24.3 Å². The van der Waals surface area contributed by atoms with Crippen molar-refractivity contribution in [1.29, 1.82) is 0 Å². The van der Waals surface area contributed by atoms with Crippen LogP contribution in [0.2, 0.25) is 0 Å². The Morgan fingerprint density at radius 3 is 2.57 bits per heavy atom. The summed E-state index contributed by atoms with van der Waals surface area (Å²) in [5, 5.41) is 0. The SMILES string of the molecule is CC(C)COc1ccc(CN2CC(C)(C)COC2=O)cc1. The zero-order valence-electron chi connectivity index (χ0n) is 13.4. The molecule has 1 aromatic rings. The molecule has 1 fully saturated rings. The number of benzene rings is 1. The lowest BCUT2D eigenvalue weighted by molar-refractivity contribution is 0.00679. The monoisotopic (exact) mass is 291 g/mol. The number of cyclic esters (lactones) is 1. The summed E-state index contributed by atoms with van der Waals surface area (Å²) in [7, 11) is 0. The zero-order valence-corrected chi connectivity index (χ0v) is 13.4. The van der Waals surface area contributed by atoms with Gasteiger partial charge in [0.2, 0.25) is 0 Å². The van der Waals surface area contributed by atoms with Crippen molar-refractivity contribution in [3.63, 3.8) is 0 Å². The van der Waals surface area contributed by atoms with Crippen LogP contribution in [0.25, 0.3) is 0 Å². The Hall–Kier alpha value is -1.71. The minimum Gasteiger partial charge on any atom is -0.493 e. The molecule has 1 aliphatic rings. The van der Waals surface area contributed by atoms with Crippen molar-refractivity contribution in [2.45, 2.75) is 34.2 Å². The van der Waals surface area contributed by atoms with Gasteiger partial charge >= 0.3 is 6.09 Å². The molecule has 0 bridgehead atoms. The molecule has 0 aromatic heterocycles. The second-order valence-corrected chi connectivity index (χ2v) is 6.92. The van der Waals surface area contributed by atoms with Crippen LogP contribution < -0.4 is 4.74 Å². The minimum atomic E-state index is -0.227. The van der Waals surface area contributed by atoms with Crippen molar-refractivity contribution in [1.82, 2.24) is 4.90 Å². The lowest BCUT2D eigenvalue weighted by Crippen LogP contribution is -2.46. The van der Waals surface area contributed by atoms with Crippen LogP contribution in [-0.4, -0.2) is 30.8 Å². The summed E-state index contributed by atoms with van der Waals surface area (Å²) < 4.78 is 10.9. The summed E-state index contributed by atoms with van der Waals surface area (Å²) in [5.74, 6) is 1.38. The van der Waals surface area contributed by atoms with Crippen LogP contribution in [0.15, 0.2) is 24.3 Å². The third kappa shape index (κ3) is 4.66. The molecular formula is C17H25NO3. The molecule has 0 N–H and O–H groups in total. The fourth-order valence-electron chi connectivity index (χ4n) is 2.27. The molecule has 0 aliphatic carbocycles. The molecule has 21 heavy (non-hydrogen) atoms. The molecule has 0 spiro atoms. The molecule has 0 atom stereocenters. The van der Waals surface area contributed by atoms with Gasteiger partial charge in [-0.2, -0.15) is 0 Å². The molecule has 0 radical (unpaired) electrons. The minimum absolute atomic E-state index is 0.00816. The summed E-state index contributed by atoms with van der Waals surface area (Å²) in [5.41, 5.74) is 1.09. The molecule has 1 aliphatic heterocycles. The fourth-order valence-corrected chi connectivity index (χ4v) is 2.27. The standard InChI is InChI=1S/C17H25NO3/c1-13(2)10-20-15-7-5-14(6-8-15)9-18-11-17(3,4)12-21-16(18)19/h5-8,13H,9-12H2,1-4H3. The van der Waals surface area contributed by atoms with Gasteiger partial charge in [0.1, 0.15) is 5.75 Å². The van der Waals surface area contributed by atoms with E-state index in [4.69, 9.17) is 9.47 Å². The second-order valence-electron chi connectivity index (χ2n) is 6.92. The van der Waals surface area contributed by atoms with Crippen LogP contribution >= 0.6 is 0 Å². The normalized spacial score (nSPS) is 17.8. The Bertz CT molecular complexity index is 479. The molecule has 1 amide bonds. The Balaban J connectivity index is 1.94. The van der Waals surface area contributed by atoms with Crippen LogP contribution in [-0.2, 0) is 11.3 Å². The predicted octanol–water partition coefficient (Wildman–Crippen LogP) is 3.70. The Labute approximate surface area is 127 Å². The van der Waals surface area contributed by atoms with E-state index >= 15 is 0 Å². The van der Waals surface area contributed by atoms with Crippen LogP contribution in [0, 0.1) is 11.3 Å². The molecule has 4 heteroatoms. The van der Waals surface area contributed by atoms with Gasteiger partial charge in [-0.15, -0.1) is 0 Å². The van der Waals surface area contributed by atoms with E-state index < -0.39 is 0 Å². The van der Waals surface area contributed by atoms with Gasteiger partial charge < -0.3 is 14.4 Å². The van der Waals surface area contributed by atoms with Gasteiger partial charge in [-0.25, -0.2) is 4.79 Å². The van der Waals surface area contributed by atoms with Gasteiger partial charge in [-0.05, 0) is 23.6 Å². The van der Waals surface area contributed by atoms with Crippen molar-refractivity contribution in [3.8, 4) is 5.75 Å². The highest BCUT2D eigenvalue weighted by molar-refractivity contribution is 5.68. The molecule has 116 valence electrons. The lowest BCUT2D eigenvalue weighted by atomic mass is 9.93. The van der Waals surface area contributed by atoms with Gasteiger partial charge in [-0.3, -0.25) is 0 Å². The van der Waals surface area contributed by atoms with Crippen molar-refractivity contribution < 1.29 is 14.3 Å². The average Bonchev–Trinajstić information content (AvgIpc) is 2.42. The number of rotatable bonds is 5. The van der Waals surface area contributed by atoms with Crippen molar-refractivity contribution in [2.75, 3.05) is 19.8 Å². The molecule has 2 rings (SSSR count). The number of ether oxygens (including phenoxy) is 2. The quantitative estimate of drug-likeness (QED) is 0.830. The smallest absolute Gasteiger partial charge is 0.410 e. The number of carbonyl (C=O) groups is 1. The molecular weight excluding hydrogens is 266 g/mol. The number of nitrogens with zero attached hydrogens (tertiary/aromatic N) is 1. The molecule has 1 aromatic carbocycles. The van der Waals surface area contributed by atoms with Crippen LogP contribution in [0.1, 0.15) is 33.3 Å². The molecule has 4 nitrogen and oxygen atoms in total. The first-order chi connectivity index (χ1) is 9.85. The number of hydrogen-bond donors (Lipinski definition) is 0. The summed E-state index contributed by atoms with van der Waals surface area (Å²) >= 11 is 0. The highest BCUT2D eigenvalue weighted by Gasteiger charge is 2.32. The fraction of sp³-hybridized carbons (Fsp3) is 0.588. The van der Waals surface area contributed by atoms with Gasteiger partial charge in [0.05, 0.1) is 13.2 Å². The van der Waals surface area contributed by atoms with Crippen LogP contribution in [0.4, 0.5) is 4.79 Å². The third-order valence-corrected chi connectivity index (χ3v) is 3.34. The topological polar surface area (TPSA) is 38.8 Å². The third-order valence-electron chi connectivity index (χ3n) is 3.34. The van der Waals surface area contributed by atoms with E-state index in [1.54, 1.807) is 4.90 Å². The van der Waals surface area contributed by atoms with E-state index in [9.17, 15) is 4.79 Å². The highest BCUT2D eigenvalue weighted by atomic mass is 16.6. The van der Waals surface area contributed by atoms with Crippen LogP contribution in [0.5, 0.6) is 5.75 Å². The maximum absolute atomic E-state index is 11.8. The number of amides is 1. The first-order valence-corrected chi connectivity index (χ1v) is 7.49. The van der Waals surface area contributed by atoms with Crippen molar-refractivity contribution in [3.05, 3.63) is 29.8 Å². The molecule has 1 saturated heterocycles. The van der Waals surface area contributed by atoms with E-state index in [0.717, 1.165) is 17.9 Å². The predicted molar refractivity (Wildman–Crippen MR) is 82.3 cm³/mol. The Morgan fingerprint density at radius 2 is 1.95 bits per heavy atom. The summed E-state index contributed by atoms with van der Waals surface area (Å²) in [6, 6.07) is 7.92. The summed E-state index contributed by atoms with van der Waals surface area (Å²) in [4.78, 5) is 13.6. The number of carbonyl (C=O) groups excluding carboxylic acids is 1. The first-order valence-electron chi connectivity index (χ1n) is 7.49. The summed E-state index contributed by atoms with van der Waals surface area (Å²) in [6.45, 7) is 11.0. The van der Waals surface area contributed by atoms with Gasteiger partial charge in [0.25, 0.3) is 0 Å². The van der Waals surface area contributed by atoms with Gasteiger partial charge in [-0.1, -0.05) is 39.8 Å². The van der Waals surface area contributed by atoms with E-state index in [0.29, 0.717) is 25.7 Å². The maximum atomic E-state index is 11.8. The molecule has 1 heterocycles. The lowest BCUT2D eigenvalue weighted by Gasteiger charge is -2.37. The van der Waals surface area contributed by atoms with E-state index in [1.165, 1.54) is 0 Å². The molecule has 0 saturated carbocycles. The average molecular weight is 291 g/mol. The van der Waals surface area contributed by atoms with E-state index in [2.05, 4.69) is 27.7 Å². The first kappa shape index (κ1) is 15.7. The second kappa shape index (κ2) is 6.37. The van der Waals surface area contributed by atoms with Crippen molar-refractivity contribution >= 4 is 6.09 Å². The summed E-state index contributed by atoms with van der Waals surface area (Å²) in [6.07, 6.45) is -0.227. The number of hydrogen-bond acceptors (Lipinski definition) is 3.